The van der Waals surface area contributed by atoms with Crippen molar-refractivity contribution in [2.24, 2.45) is 0 Å². The van der Waals surface area contributed by atoms with E-state index in [1.165, 1.54) is 64.8 Å². The molecule has 2 fully saturated rings. The molecule has 2 saturated heterocycles. The summed E-state index contributed by atoms with van der Waals surface area (Å²) < 4.78 is 0. The fourth-order valence-corrected chi connectivity index (χ4v) is 3.67. The Morgan fingerprint density at radius 2 is 1.95 bits per heavy atom. The molecular formula is C16H33N3. The standard InChI is InChI=1S/C16H33N3/c1-4-10-19(13-15-6-5-9-17-15)16-7-11-18(12-8-16)14(2)3/h14-17H,4-13H2,1-3H3. The second-order valence-electron chi connectivity index (χ2n) is 6.65. The molecule has 0 spiro atoms. The van der Waals surface area contributed by atoms with Gasteiger partial charge in [-0.1, -0.05) is 6.92 Å². The molecule has 3 heteroatoms. The Bertz CT molecular complexity index is 240. The molecule has 0 aromatic rings. The maximum atomic E-state index is 3.66. The number of rotatable bonds is 6. The van der Waals surface area contributed by atoms with Crippen LogP contribution in [0.25, 0.3) is 0 Å². The summed E-state index contributed by atoms with van der Waals surface area (Å²) in [7, 11) is 0. The van der Waals surface area contributed by atoms with Gasteiger partial charge in [0.1, 0.15) is 0 Å². The van der Waals surface area contributed by atoms with Gasteiger partial charge < -0.3 is 10.2 Å². The molecule has 0 aromatic heterocycles. The second-order valence-corrected chi connectivity index (χ2v) is 6.65. The van der Waals surface area contributed by atoms with Crippen molar-refractivity contribution in [2.45, 2.75) is 71.0 Å². The number of nitrogens with one attached hydrogen (secondary N) is 1. The van der Waals surface area contributed by atoms with Gasteiger partial charge in [0.25, 0.3) is 0 Å². The summed E-state index contributed by atoms with van der Waals surface area (Å²) in [6.45, 7) is 13.3. The van der Waals surface area contributed by atoms with E-state index >= 15 is 0 Å². The molecule has 19 heavy (non-hydrogen) atoms. The summed E-state index contributed by atoms with van der Waals surface area (Å²) >= 11 is 0. The number of hydrogen-bond acceptors (Lipinski definition) is 3. The summed E-state index contributed by atoms with van der Waals surface area (Å²) in [6, 6.07) is 2.31. The SMILES string of the molecule is CCCN(CC1CCCN1)C1CCN(C(C)C)CC1. The predicted molar refractivity (Wildman–Crippen MR) is 82.6 cm³/mol. The lowest BCUT2D eigenvalue weighted by Gasteiger charge is -2.40. The highest BCUT2D eigenvalue weighted by Crippen LogP contribution is 2.20. The van der Waals surface area contributed by atoms with E-state index in [0.29, 0.717) is 0 Å². The number of piperidine rings is 1. The largest absolute Gasteiger partial charge is 0.313 e. The van der Waals surface area contributed by atoms with Gasteiger partial charge in [-0.3, -0.25) is 4.90 Å². The highest BCUT2D eigenvalue weighted by atomic mass is 15.2. The topological polar surface area (TPSA) is 18.5 Å². The van der Waals surface area contributed by atoms with Crippen LogP contribution in [-0.4, -0.2) is 60.6 Å². The zero-order valence-corrected chi connectivity index (χ0v) is 13.2. The van der Waals surface area contributed by atoms with Crippen molar-refractivity contribution < 1.29 is 0 Å². The average Bonchev–Trinajstić information content (AvgIpc) is 2.91. The molecule has 112 valence electrons. The normalized spacial score (nSPS) is 26.7. The van der Waals surface area contributed by atoms with E-state index in [9.17, 15) is 0 Å². The van der Waals surface area contributed by atoms with Crippen LogP contribution in [0.3, 0.4) is 0 Å². The van der Waals surface area contributed by atoms with E-state index in [1.807, 2.05) is 0 Å². The Labute approximate surface area is 119 Å². The molecule has 1 unspecified atom stereocenters. The van der Waals surface area contributed by atoms with Crippen LogP contribution in [0.15, 0.2) is 0 Å². The van der Waals surface area contributed by atoms with E-state index in [0.717, 1.165) is 18.1 Å². The van der Waals surface area contributed by atoms with Gasteiger partial charge in [0.2, 0.25) is 0 Å². The first-order valence-electron chi connectivity index (χ1n) is 8.42. The van der Waals surface area contributed by atoms with Crippen molar-refractivity contribution in [3.8, 4) is 0 Å². The van der Waals surface area contributed by atoms with Gasteiger partial charge in [-0.2, -0.15) is 0 Å². The maximum Gasteiger partial charge on any atom is 0.0195 e. The van der Waals surface area contributed by atoms with E-state index in [-0.39, 0.29) is 0 Å². The molecule has 2 heterocycles. The zero-order chi connectivity index (χ0) is 13.7. The lowest BCUT2D eigenvalue weighted by molar-refractivity contribution is 0.0865. The van der Waals surface area contributed by atoms with E-state index in [1.54, 1.807) is 0 Å². The molecule has 1 N–H and O–H groups in total. The first-order valence-corrected chi connectivity index (χ1v) is 8.42. The zero-order valence-electron chi connectivity index (χ0n) is 13.2. The van der Waals surface area contributed by atoms with Gasteiger partial charge in [-0.05, 0) is 72.1 Å². The van der Waals surface area contributed by atoms with Gasteiger partial charge in [0.05, 0.1) is 0 Å². The van der Waals surface area contributed by atoms with Gasteiger partial charge >= 0.3 is 0 Å². The molecule has 0 aliphatic carbocycles. The minimum atomic E-state index is 0.720. The van der Waals surface area contributed by atoms with Crippen LogP contribution in [0.5, 0.6) is 0 Å². The van der Waals surface area contributed by atoms with Crippen molar-refractivity contribution in [2.75, 3.05) is 32.7 Å². The van der Waals surface area contributed by atoms with Crippen LogP contribution in [0.1, 0.15) is 52.9 Å². The fraction of sp³-hybridized carbons (Fsp3) is 1.00. The third-order valence-electron chi connectivity index (χ3n) is 4.87. The number of hydrogen-bond donors (Lipinski definition) is 1. The maximum absolute atomic E-state index is 3.66. The fourth-order valence-electron chi connectivity index (χ4n) is 3.67. The first kappa shape index (κ1) is 15.3. The van der Waals surface area contributed by atoms with Crippen LogP contribution < -0.4 is 5.32 Å². The third kappa shape index (κ3) is 4.44. The van der Waals surface area contributed by atoms with Crippen molar-refractivity contribution in [3.05, 3.63) is 0 Å². The monoisotopic (exact) mass is 267 g/mol. The smallest absolute Gasteiger partial charge is 0.0195 e. The van der Waals surface area contributed by atoms with Crippen LogP contribution in [0.2, 0.25) is 0 Å². The Balaban J connectivity index is 1.81. The van der Waals surface area contributed by atoms with Crippen molar-refractivity contribution in [3.63, 3.8) is 0 Å². The molecule has 0 saturated carbocycles. The Hall–Kier alpha value is -0.120. The van der Waals surface area contributed by atoms with Crippen molar-refractivity contribution in [1.82, 2.24) is 15.1 Å². The molecule has 0 aromatic carbocycles. The molecule has 2 aliphatic heterocycles. The third-order valence-corrected chi connectivity index (χ3v) is 4.87. The van der Waals surface area contributed by atoms with E-state index < -0.39 is 0 Å². The van der Waals surface area contributed by atoms with Crippen LogP contribution in [0, 0.1) is 0 Å². The highest BCUT2D eigenvalue weighted by molar-refractivity contribution is 4.85. The molecule has 0 amide bonds. The number of likely N-dealkylation sites (tertiary alicyclic amines) is 1. The second kappa shape index (κ2) is 7.61. The molecule has 2 aliphatic rings. The van der Waals surface area contributed by atoms with E-state index in [2.05, 4.69) is 35.9 Å². The minimum Gasteiger partial charge on any atom is -0.313 e. The molecular weight excluding hydrogens is 234 g/mol. The molecule has 0 radical (unpaired) electrons. The Morgan fingerprint density at radius 3 is 2.47 bits per heavy atom. The molecule has 1 atom stereocenters. The highest BCUT2D eigenvalue weighted by Gasteiger charge is 2.27. The molecule has 2 rings (SSSR count). The summed E-state index contributed by atoms with van der Waals surface area (Å²) in [5.74, 6) is 0. The van der Waals surface area contributed by atoms with Crippen LogP contribution in [-0.2, 0) is 0 Å². The summed E-state index contributed by atoms with van der Waals surface area (Å²) in [5.41, 5.74) is 0. The lowest BCUT2D eigenvalue weighted by atomic mass is 10.0. The van der Waals surface area contributed by atoms with E-state index in [4.69, 9.17) is 0 Å². The lowest BCUT2D eigenvalue weighted by Crippen LogP contribution is -2.50. The van der Waals surface area contributed by atoms with Gasteiger partial charge in [0.15, 0.2) is 0 Å². The summed E-state index contributed by atoms with van der Waals surface area (Å²) in [5, 5.41) is 3.66. The molecule has 3 nitrogen and oxygen atoms in total. The van der Waals surface area contributed by atoms with Gasteiger partial charge in [0, 0.05) is 24.7 Å². The summed E-state index contributed by atoms with van der Waals surface area (Å²) in [4.78, 5) is 5.41. The van der Waals surface area contributed by atoms with Crippen molar-refractivity contribution >= 4 is 0 Å². The van der Waals surface area contributed by atoms with Crippen LogP contribution in [0.4, 0.5) is 0 Å². The Morgan fingerprint density at radius 1 is 1.21 bits per heavy atom. The number of nitrogens with zero attached hydrogens (tertiary/aromatic N) is 2. The van der Waals surface area contributed by atoms with Crippen molar-refractivity contribution in [1.29, 1.82) is 0 Å². The quantitative estimate of drug-likeness (QED) is 0.797. The summed E-state index contributed by atoms with van der Waals surface area (Å²) in [6.07, 6.45) is 6.77. The van der Waals surface area contributed by atoms with Crippen LogP contribution >= 0.6 is 0 Å². The first-order chi connectivity index (χ1) is 9.20. The molecule has 0 bridgehead atoms. The van der Waals surface area contributed by atoms with Gasteiger partial charge in [-0.25, -0.2) is 0 Å². The van der Waals surface area contributed by atoms with Gasteiger partial charge in [-0.15, -0.1) is 0 Å². The minimum absolute atomic E-state index is 0.720. The predicted octanol–water partition coefficient (Wildman–Crippen LogP) is 2.32. The Kier molecular flexibility index (Phi) is 6.11. The average molecular weight is 267 g/mol.